The van der Waals surface area contributed by atoms with Crippen LogP contribution in [0.5, 0.6) is 0 Å². The molecule has 1 aliphatic heterocycles. The van der Waals surface area contributed by atoms with Crippen molar-refractivity contribution in [2.24, 2.45) is 11.7 Å². The molecule has 0 saturated carbocycles. The Labute approximate surface area is 174 Å². The summed E-state index contributed by atoms with van der Waals surface area (Å²) < 4.78 is 0. The second-order valence-corrected chi connectivity index (χ2v) is 7.50. The first kappa shape index (κ1) is 23.3. The highest BCUT2D eigenvalue weighted by Gasteiger charge is 2.39. The quantitative estimate of drug-likeness (QED) is 0.322. The van der Waals surface area contributed by atoms with Crippen molar-refractivity contribution in [3.63, 3.8) is 0 Å². The van der Waals surface area contributed by atoms with Crippen molar-refractivity contribution in [1.29, 1.82) is 0 Å². The van der Waals surface area contributed by atoms with E-state index in [1.807, 2.05) is 13.8 Å². The van der Waals surface area contributed by atoms with Crippen molar-refractivity contribution in [2.45, 2.75) is 57.7 Å². The summed E-state index contributed by atoms with van der Waals surface area (Å²) in [6.07, 6.45) is 4.72. The van der Waals surface area contributed by atoms with E-state index in [0.29, 0.717) is 31.5 Å². The fourth-order valence-electron chi connectivity index (χ4n) is 3.48. The lowest BCUT2D eigenvalue weighted by Gasteiger charge is -2.31. The first-order valence-corrected chi connectivity index (χ1v) is 10.1. The third kappa shape index (κ3) is 5.78. The van der Waals surface area contributed by atoms with Crippen LogP contribution in [0.2, 0.25) is 0 Å². The Morgan fingerprint density at radius 3 is 2.67 bits per heavy atom. The summed E-state index contributed by atoms with van der Waals surface area (Å²) in [5.74, 6) is -2.76. The highest BCUT2D eigenvalue weighted by Crippen LogP contribution is 2.21. The lowest BCUT2D eigenvalue weighted by molar-refractivity contribution is -0.150. The summed E-state index contributed by atoms with van der Waals surface area (Å²) in [6, 6.07) is -2.75. The molecule has 4 atom stereocenters. The molecule has 0 bridgehead atoms. The summed E-state index contributed by atoms with van der Waals surface area (Å²) in [6.45, 7) is 3.75. The van der Waals surface area contributed by atoms with E-state index in [9.17, 15) is 24.3 Å². The Morgan fingerprint density at radius 1 is 1.37 bits per heavy atom. The normalized spacial score (nSPS) is 19.0. The minimum absolute atomic E-state index is 0.139. The summed E-state index contributed by atoms with van der Waals surface area (Å²) in [7, 11) is 0. The molecule has 1 aromatic heterocycles. The molecule has 1 aliphatic rings. The zero-order chi connectivity index (χ0) is 22.3. The number of nitrogens with one attached hydrogen (secondary N) is 3. The molecule has 2 rings (SSSR count). The Balaban J connectivity index is 2.19. The van der Waals surface area contributed by atoms with Crippen LogP contribution in [0.15, 0.2) is 12.5 Å². The number of carboxylic acid groups (broad SMARTS) is 1. The van der Waals surface area contributed by atoms with E-state index in [-0.39, 0.29) is 18.9 Å². The molecule has 11 heteroatoms. The fourth-order valence-corrected chi connectivity index (χ4v) is 3.48. The summed E-state index contributed by atoms with van der Waals surface area (Å²) in [5.41, 5.74) is 5.99. The number of hydrogen-bond acceptors (Lipinski definition) is 6. The van der Waals surface area contributed by atoms with E-state index in [4.69, 9.17) is 5.73 Å². The molecule has 0 radical (unpaired) electrons. The number of aromatic nitrogens is 2. The largest absolute Gasteiger partial charge is 0.480 e. The van der Waals surface area contributed by atoms with Gasteiger partial charge in [0.15, 0.2) is 0 Å². The van der Waals surface area contributed by atoms with E-state index >= 15 is 0 Å². The predicted octanol–water partition coefficient (Wildman–Crippen LogP) is -0.998. The molecule has 0 spiro atoms. The molecule has 2 heterocycles. The monoisotopic (exact) mass is 422 g/mol. The predicted molar refractivity (Wildman–Crippen MR) is 107 cm³/mol. The summed E-state index contributed by atoms with van der Waals surface area (Å²) >= 11 is 0. The molecule has 3 amide bonds. The molecular formula is C19H30N6O5. The van der Waals surface area contributed by atoms with Crippen molar-refractivity contribution in [3.8, 4) is 0 Å². The van der Waals surface area contributed by atoms with Gasteiger partial charge in [0, 0.05) is 24.9 Å². The van der Waals surface area contributed by atoms with Gasteiger partial charge in [-0.2, -0.15) is 0 Å². The van der Waals surface area contributed by atoms with Crippen LogP contribution in [0.3, 0.4) is 0 Å². The number of nitrogens with two attached hydrogens (primary N) is 1. The second kappa shape index (κ2) is 10.7. The van der Waals surface area contributed by atoms with Crippen molar-refractivity contribution in [1.82, 2.24) is 25.5 Å². The van der Waals surface area contributed by atoms with E-state index in [1.165, 1.54) is 17.4 Å². The van der Waals surface area contributed by atoms with E-state index in [0.717, 1.165) is 0 Å². The topological polar surface area (TPSA) is 171 Å². The van der Waals surface area contributed by atoms with Crippen LogP contribution < -0.4 is 16.4 Å². The van der Waals surface area contributed by atoms with Gasteiger partial charge in [-0.05, 0) is 18.8 Å². The Morgan fingerprint density at radius 2 is 2.10 bits per heavy atom. The molecule has 0 aliphatic carbocycles. The standard InChI is InChI=1S/C19H30N6O5/c1-3-11(2)16(18(28)25-6-4-5-14(25)19(29)30)24-17(27)13(23-15(26)8-20)7-12-9-21-10-22-12/h9-11,13-14,16H,3-8,20H2,1-2H3,(H,21,22)(H,23,26)(H,24,27)(H,29,30). The Bertz CT molecular complexity index is 753. The van der Waals surface area contributed by atoms with Crippen LogP contribution in [0.4, 0.5) is 0 Å². The maximum absolute atomic E-state index is 13.1. The number of aliphatic carboxylic acids is 1. The van der Waals surface area contributed by atoms with Gasteiger partial charge in [-0.25, -0.2) is 9.78 Å². The Kier molecular flexibility index (Phi) is 8.34. The lowest BCUT2D eigenvalue weighted by Crippen LogP contribution is -2.58. The molecule has 166 valence electrons. The highest BCUT2D eigenvalue weighted by molar-refractivity contribution is 5.94. The molecule has 30 heavy (non-hydrogen) atoms. The maximum atomic E-state index is 13.1. The van der Waals surface area contributed by atoms with Crippen LogP contribution in [0.25, 0.3) is 0 Å². The van der Waals surface area contributed by atoms with Gasteiger partial charge in [-0.15, -0.1) is 0 Å². The number of hydrogen-bond donors (Lipinski definition) is 5. The number of imidazole rings is 1. The van der Waals surface area contributed by atoms with Gasteiger partial charge in [0.05, 0.1) is 12.9 Å². The number of carbonyl (C=O) groups is 4. The van der Waals surface area contributed by atoms with Crippen LogP contribution >= 0.6 is 0 Å². The van der Waals surface area contributed by atoms with Crippen LogP contribution in [0, 0.1) is 5.92 Å². The van der Waals surface area contributed by atoms with Gasteiger partial charge in [0.25, 0.3) is 0 Å². The summed E-state index contributed by atoms with van der Waals surface area (Å²) in [5, 5.41) is 14.7. The number of likely N-dealkylation sites (tertiary alicyclic amines) is 1. The first-order chi connectivity index (χ1) is 14.3. The second-order valence-electron chi connectivity index (χ2n) is 7.50. The van der Waals surface area contributed by atoms with Crippen LogP contribution in [-0.2, 0) is 25.6 Å². The molecule has 1 saturated heterocycles. The van der Waals surface area contributed by atoms with Gasteiger partial charge in [-0.3, -0.25) is 14.4 Å². The number of carboxylic acids is 1. The number of H-pyrrole nitrogens is 1. The first-order valence-electron chi connectivity index (χ1n) is 10.1. The average Bonchev–Trinajstić information content (AvgIpc) is 3.42. The molecule has 6 N–H and O–H groups in total. The number of carbonyl (C=O) groups excluding carboxylic acids is 3. The molecule has 1 fully saturated rings. The number of aromatic amines is 1. The highest BCUT2D eigenvalue weighted by atomic mass is 16.4. The molecule has 1 aromatic rings. The van der Waals surface area contributed by atoms with E-state index in [2.05, 4.69) is 20.6 Å². The number of nitrogens with zero attached hydrogens (tertiary/aromatic N) is 2. The van der Waals surface area contributed by atoms with Gasteiger partial charge in [0.2, 0.25) is 17.7 Å². The fraction of sp³-hybridized carbons (Fsp3) is 0.632. The molecule has 0 aromatic carbocycles. The van der Waals surface area contributed by atoms with Crippen molar-refractivity contribution < 1.29 is 24.3 Å². The average molecular weight is 422 g/mol. The van der Waals surface area contributed by atoms with Gasteiger partial charge in [0.1, 0.15) is 18.1 Å². The number of rotatable bonds is 10. The van der Waals surface area contributed by atoms with Crippen molar-refractivity contribution in [2.75, 3.05) is 13.1 Å². The maximum Gasteiger partial charge on any atom is 0.326 e. The summed E-state index contributed by atoms with van der Waals surface area (Å²) in [4.78, 5) is 57.5. The lowest BCUT2D eigenvalue weighted by atomic mass is 9.96. The third-order valence-electron chi connectivity index (χ3n) is 5.41. The Hall–Kier alpha value is -2.95. The molecule has 4 unspecified atom stereocenters. The van der Waals surface area contributed by atoms with Crippen LogP contribution in [-0.4, -0.2) is 74.9 Å². The third-order valence-corrected chi connectivity index (χ3v) is 5.41. The van der Waals surface area contributed by atoms with Crippen molar-refractivity contribution in [3.05, 3.63) is 18.2 Å². The SMILES string of the molecule is CCC(C)C(NC(=O)C(Cc1cnc[nH]1)NC(=O)CN)C(=O)N1CCCC1C(=O)O. The minimum atomic E-state index is -1.05. The van der Waals surface area contributed by atoms with Crippen molar-refractivity contribution >= 4 is 23.7 Å². The smallest absolute Gasteiger partial charge is 0.326 e. The van der Waals surface area contributed by atoms with Gasteiger partial charge in [-0.1, -0.05) is 20.3 Å². The number of amides is 3. The molecular weight excluding hydrogens is 392 g/mol. The van der Waals surface area contributed by atoms with E-state index < -0.39 is 41.8 Å². The zero-order valence-electron chi connectivity index (χ0n) is 17.3. The zero-order valence-corrected chi connectivity index (χ0v) is 17.3. The van der Waals surface area contributed by atoms with E-state index in [1.54, 1.807) is 0 Å². The molecule has 11 nitrogen and oxygen atoms in total. The van der Waals surface area contributed by atoms with Gasteiger partial charge >= 0.3 is 5.97 Å². The minimum Gasteiger partial charge on any atom is -0.480 e. The van der Waals surface area contributed by atoms with Gasteiger partial charge < -0.3 is 31.4 Å². The van der Waals surface area contributed by atoms with Crippen LogP contribution in [0.1, 0.15) is 38.8 Å².